The number of carbonyl (C=O) groups excluding carboxylic acids is 1. The first-order chi connectivity index (χ1) is 27.0. The van der Waals surface area contributed by atoms with Crippen LogP contribution in [0.15, 0.2) is 12.2 Å². The Morgan fingerprint density at radius 1 is 0.589 bits per heavy atom. The van der Waals surface area contributed by atoms with Crippen molar-refractivity contribution in [1.29, 1.82) is 0 Å². The van der Waals surface area contributed by atoms with Gasteiger partial charge in [0.25, 0.3) is 0 Å². The van der Waals surface area contributed by atoms with Crippen LogP contribution in [0.3, 0.4) is 0 Å². The first kappa shape index (κ1) is 55.2. The Labute approximate surface area is 348 Å². The lowest BCUT2D eigenvalue weighted by Crippen LogP contribution is -2.46. The lowest BCUT2D eigenvalue weighted by molar-refractivity contribution is -0.870. The average Bonchev–Trinajstić information content (AvgIpc) is 3.15. The maximum Gasteiger partial charge on any atom is 0.472 e. The summed E-state index contributed by atoms with van der Waals surface area (Å²) in [7, 11) is 1.62. The number of likely N-dealkylation sites (N-methyl/N-ethyl adjacent to an activating group) is 1. The number of amides is 1. The van der Waals surface area contributed by atoms with Gasteiger partial charge in [0.15, 0.2) is 0 Å². The Balaban J connectivity index is 4.28. The van der Waals surface area contributed by atoms with Gasteiger partial charge in [-0.3, -0.25) is 13.8 Å². The van der Waals surface area contributed by atoms with E-state index in [1.807, 2.05) is 21.1 Å². The third-order valence-corrected chi connectivity index (χ3v) is 12.0. The summed E-state index contributed by atoms with van der Waals surface area (Å²) in [4.78, 5) is 23.2. The van der Waals surface area contributed by atoms with Crippen molar-refractivity contribution in [1.82, 2.24) is 5.32 Å². The molecule has 8 nitrogen and oxygen atoms in total. The van der Waals surface area contributed by atoms with E-state index in [4.69, 9.17) is 9.05 Å². The van der Waals surface area contributed by atoms with Crippen LogP contribution in [-0.4, -0.2) is 73.4 Å². The third-order valence-electron chi connectivity index (χ3n) is 11.0. The lowest BCUT2D eigenvalue weighted by atomic mass is 10.0. The average molecular weight is 816 g/mol. The Kier molecular flexibility index (Phi) is 39.1. The summed E-state index contributed by atoms with van der Waals surface area (Å²) >= 11 is 0. The van der Waals surface area contributed by atoms with Crippen LogP contribution in [-0.2, 0) is 18.4 Å². The van der Waals surface area contributed by atoms with Gasteiger partial charge in [-0.25, -0.2) is 4.57 Å². The molecule has 0 aromatic rings. The first-order valence-electron chi connectivity index (χ1n) is 24.1. The van der Waals surface area contributed by atoms with E-state index in [1.165, 1.54) is 154 Å². The van der Waals surface area contributed by atoms with E-state index in [0.29, 0.717) is 23.9 Å². The molecule has 1 amide bonds. The van der Waals surface area contributed by atoms with Gasteiger partial charge in [0.05, 0.1) is 39.9 Å². The summed E-state index contributed by atoms with van der Waals surface area (Å²) in [6, 6.07) is -0.760. The summed E-state index contributed by atoms with van der Waals surface area (Å²) in [6.45, 7) is 4.89. The molecule has 3 atom stereocenters. The minimum atomic E-state index is -4.31. The molecule has 0 aliphatic rings. The SMILES string of the molecule is CCCCCCC/C=C\CCCCCCCC(=O)NC(COP(=O)(O)OCC[N+](C)(C)C)C(O)CCCCCCCCCCCCCCCCCCCCCC. The highest BCUT2D eigenvalue weighted by molar-refractivity contribution is 7.47. The fourth-order valence-corrected chi connectivity index (χ4v) is 7.89. The van der Waals surface area contributed by atoms with E-state index in [9.17, 15) is 19.4 Å². The molecule has 0 radical (unpaired) electrons. The second-order valence-corrected chi connectivity index (χ2v) is 19.3. The fraction of sp³-hybridized carbons (Fsp3) is 0.936. The predicted octanol–water partition coefficient (Wildman–Crippen LogP) is 13.5. The number of hydrogen-bond donors (Lipinski definition) is 3. The van der Waals surface area contributed by atoms with E-state index in [2.05, 4.69) is 31.3 Å². The number of hydrogen-bond acceptors (Lipinski definition) is 5. The van der Waals surface area contributed by atoms with Crippen molar-refractivity contribution >= 4 is 13.7 Å². The van der Waals surface area contributed by atoms with Gasteiger partial charge in [-0.2, -0.15) is 0 Å². The highest BCUT2D eigenvalue weighted by atomic mass is 31.2. The Morgan fingerprint density at radius 3 is 1.38 bits per heavy atom. The van der Waals surface area contributed by atoms with E-state index in [1.54, 1.807) is 0 Å². The minimum Gasteiger partial charge on any atom is -0.391 e. The van der Waals surface area contributed by atoms with Crippen LogP contribution in [0.1, 0.15) is 232 Å². The number of rotatable bonds is 44. The molecule has 0 aliphatic carbocycles. The van der Waals surface area contributed by atoms with Crippen LogP contribution in [0.2, 0.25) is 0 Å². The highest BCUT2D eigenvalue weighted by Gasteiger charge is 2.28. The molecular weight excluding hydrogens is 719 g/mol. The Hall–Kier alpha value is -0.760. The van der Waals surface area contributed by atoms with Gasteiger partial charge in [-0.15, -0.1) is 0 Å². The first-order valence-corrected chi connectivity index (χ1v) is 25.5. The number of nitrogens with one attached hydrogen (secondary N) is 1. The number of phosphoric acid groups is 1. The van der Waals surface area contributed by atoms with Crippen molar-refractivity contribution in [2.24, 2.45) is 0 Å². The van der Waals surface area contributed by atoms with Gasteiger partial charge in [0.1, 0.15) is 13.2 Å². The number of aliphatic hydroxyl groups is 1. The molecule has 0 fully saturated rings. The van der Waals surface area contributed by atoms with E-state index < -0.39 is 20.0 Å². The minimum absolute atomic E-state index is 0.0751. The standard InChI is InChI=1S/C47H95N2O6P/c1-6-8-10-12-14-16-18-20-22-23-24-25-26-27-28-30-32-34-36-38-40-46(50)45(44-55-56(52,53)54-43-42-49(3,4)5)48-47(51)41-39-37-35-33-31-29-21-19-17-15-13-11-9-7-2/h19,21,45-46,50H,6-18,20,22-44H2,1-5H3,(H-,48,51,52,53)/p+1/b21-19-. The van der Waals surface area contributed by atoms with Crippen molar-refractivity contribution in [3.8, 4) is 0 Å². The third kappa shape index (κ3) is 41.4. The van der Waals surface area contributed by atoms with Crippen molar-refractivity contribution in [2.75, 3.05) is 40.9 Å². The highest BCUT2D eigenvalue weighted by Crippen LogP contribution is 2.43. The molecule has 0 spiro atoms. The number of phosphoric ester groups is 1. The molecule has 3 unspecified atom stereocenters. The monoisotopic (exact) mass is 816 g/mol. The lowest BCUT2D eigenvalue weighted by Gasteiger charge is -2.26. The molecular formula is C47H96N2O6P+. The molecule has 0 aromatic heterocycles. The zero-order valence-corrected chi connectivity index (χ0v) is 38.8. The van der Waals surface area contributed by atoms with Crippen LogP contribution in [0.5, 0.6) is 0 Å². The fourth-order valence-electron chi connectivity index (χ4n) is 7.16. The summed E-state index contributed by atoms with van der Waals surface area (Å²) in [5.41, 5.74) is 0. The predicted molar refractivity (Wildman–Crippen MR) is 240 cm³/mol. The van der Waals surface area contributed by atoms with Crippen molar-refractivity contribution in [3.63, 3.8) is 0 Å². The van der Waals surface area contributed by atoms with Crippen LogP contribution in [0.4, 0.5) is 0 Å². The summed E-state index contributed by atoms with van der Waals surface area (Å²) in [5, 5.41) is 14.0. The van der Waals surface area contributed by atoms with E-state index in [-0.39, 0.29) is 19.1 Å². The Bertz CT molecular complexity index is 927. The van der Waals surface area contributed by atoms with E-state index >= 15 is 0 Å². The normalized spacial score (nSPS) is 14.3. The second kappa shape index (κ2) is 39.7. The smallest absolute Gasteiger partial charge is 0.391 e. The van der Waals surface area contributed by atoms with Crippen molar-refractivity contribution in [2.45, 2.75) is 244 Å². The van der Waals surface area contributed by atoms with Crippen LogP contribution in [0, 0.1) is 0 Å². The summed E-state index contributed by atoms with van der Waals surface area (Å²) in [5.74, 6) is -0.151. The maximum absolute atomic E-state index is 12.9. The van der Waals surface area contributed by atoms with Crippen molar-refractivity contribution in [3.05, 3.63) is 12.2 Å². The van der Waals surface area contributed by atoms with Gasteiger partial charge < -0.3 is 19.8 Å². The summed E-state index contributed by atoms with van der Waals surface area (Å²) in [6.07, 6.45) is 45.2. The summed E-state index contributed by atoms with van der Waals surface area (Å²) < 4.78 is 23.7. The molecule has 334 valence electrons. The van der Waals surface area contributed by atoms with Gasteiger partial charge >= 0.3 is 7.82 Å². The number of allylic oxidation sites excluding steroid dienone is 2. The van der Waals surface area contributed by atoms with Gasteiger partial charge in [0.2, 0.25) is 5.91 Å². The number of nitrogens with zero attached hydrogens (tertiary/aromatic N) is 1. The van der Waals surface area contributed by atoms with Crippen LogP contribution >= 0.6 is 7.82 Å². The van der Waals surface area contributed by atoms with E-state index in [0.717, 1.165) is 51.4 Å². The Morgan fingerprint density at radius 2 is 0.964 bits per heavy atom. The number of aliphatic hydroxyl groups excluding tert-OH is 1. The van der Waals surface area contributed by atoms with Crippen molar-refractivity contribution < 1.29 is 32.9 Å². The van der Waals surface area contributed by atoms with Crippen LogP contribution in [0.25, 0.3) is 0 Å². The molecule has 56 heavy (non-hydrogen) atoms. The molecule has 0 saturated heterocycles. The molecule has 0 heterocycles. The zero-order valence-electron chi connectivity index (χ0n) is 37.9. The van der Waals surface area contributed by atoms with Gasteiger partial charge in [0, 0.05) is 6.42 Å². The molecule has 0 rings (SSSR count). The van der Waals surface area contributed by atoms with Crippen LogP contribution < -0.4 is 5.32 Å². The largest absolute Gasteiger partial charge is 0.472 e. The molecule has 3 N–H and O–H groups in total. The number of quaternary nitrogens is 1. The number of carbonyl (C=O) groups is 1. The second-order valence-electron chi connectivity index (χ2n) is 17.8. The molecule has 0 aromatic carbocycles. The molecule has 0 bridgehead atoms. The number of unbranched alkanes of at least 4 members (excludes halogenated alkanes) is 29. The molecule has 9 heteroatoms. The molecule has 0 saturated carbocycles. The maximum atomic E-state index is 12.9. The quantitative estimate of drug-likeness (QED) is 0.0245. The van der Waals surface area contributed by atoms with Gasteiger partial charge in [-0.05, 0) is 38.5 Å². The zero-order chi connectivity index (χ0) is 41.4. The van der Waals surface area contributed by atoms with Gasteiger partial charge in [-0.1, -0.05) is 199 Å². The molecule has 0 aliphatic heterocycles. The topological polar surface area (TPSA) is 105 Å².